The highest BCUT2D eigenvalue weighted by Crippen LogP contribution is 2.38. The van der Waals surface area contributed by atoms with E-state index >= 15 is 0 Å². The van der Waals surface area contributed by atoms with Crippen molar-refractivity contribution in [3.05, 3.63) is 101 Å². The van der Waals surface area contributed by atoms with E-state index < -0.39 is 34.6 Å². The summed E-state index contributed by atoms with van der Waals surface area (Å²) in [6.07, 6.45) is -4.76. The molecule has 37 heavy (non-hydrogen) atoms. The summed E-state index contributed by atoms with van der Waals surface area (Å²) in [5.74, 6) is -1.02. The third-order valence-corrected chi connectivity index (χ3v) is 7.35. The Morgan fingerprint density at radius 3 is 1.92 bits per heavy atom. The molecule has 0 bridgehead atoms. The molecule has 1 atom stereocenters. The van der Waals surface area contributed by atoms with Crippen molar-refractivity contribution in [2.45, 2.75) is 24.7 Å². The van der Waals surface area contributed by atoms with Crippen LogP contribution in [0.1, 0.15) is 29.2 Å². The van der Waals surface area contributed by atoms with Crippen LogP contribution in [0.25, 0.3) is 0 Å². The predicted molar refractivity (Wildman–Crippen MR) is 135 cm³/mol. The Hall–Kier alpha value is -3.20. The molecule has 2 saturated heterocycles. The van der Waals surface area contributed by atoms with Crippen LogP contribution < -0.4 is 4.90 Å². The lowest BCUT2D eigenvalue weighted by molar-refractivity contribution is -0.137. The highest BCUT2D eigenvalue weighted by atomic mass is 35.5. The van der Waals surface area contributed by atoms with Crippen LogP contribution in [0.4, 0.5) is 18.9 Å². The first-order valence-corrected chi connectivity index (χ1v) is 12.4. The first-order valence-electron chi connectivity index (χ1n) is 12.1. The number of hydrogen-bond acceptors (Lipinski definition) is 4. The molecule has 0 N–H and O–H groups in total. The summed E-state index contributed by atoms with van der Waals surface area (Å²) in [7, 11) is 0. The number of imide groups is 1. The van der Waals surface area contributed by atoms with Crippen molar-refractivity contribution in [3.8, 4) is 0 Å². The van der Waals surface area contributed by atoms with Gasteiger partial charge in [-0.05, 0) is 29.3 Å². The fourth-order valence-electron chi connectivity index (χ4n) is 5.23. The van der Waals surface area contributed by atoms with Gasteiger partial charge in [0, 0.05) is 26.2 Å². The number of anilines is 1. The molecule has 192 valence electrons. The number of carbonyl (C=O) groups is 2. The molecule has 0 radical (unpaired) electrons. The van der Waals surface area contributed by atoms with E-state index in [0.29, 0.717) is 26.2 Å². The zero-order valence-corrected chi connectivity index (χ0v) is 20.6. The van der Waals surface area contributed by atoms with Crippen LogP contribution in [0.2, 0.25) is 5.02 Å². The second kappa shape index (κ2) is 10.3. The number of alkyl halides is 3. The van der Waals surface area contributed by atoms with Crippen molar-refractivity contribution in [2.75, 3.05) is 31.1 Å². The van der Waals surface area contributed by atoms with Gasteiger partial charge in [0.1, 0.15) is 0 Å². The maximum absolute atomic E-state index is 13.3. The molecule has 0 saturated carbocycles. The third kappa shape index (κ3) is 5.14. The minimum absolute atomic E-state index is 0.0526. The Labute approximate surface area is 218 Å². The maximum atomic E-state index is 13.3. The Balaban J connectivity index is 1.32. The van der Waals surface area contributed by atoms with Crippen molar-refractivity contribution >= 4 is 29.1 Å². The van der Waals surface area contributed by atoms with Gasteiger partial charge in [-0.2, -0.15) is 13.2 Å². The summed E-state index contributed by atoms with van der Waals surface area (Å²) in [5, 5.41) is -0.477. The smallest absolute Gasteiger partial charge is 0.290 e. The van der Waals surface area contributed by atoms with Crippen LogP contribution in [0.15, 0.2) is 78.9 Å². The van der Waals surface area contributed by atoms with Crippen molar-refractivity contribution in [1.29, 1.82) is 0 Å². The van der Waals surface area contributed by atoms with Gasteiger partial charge in [-0.3, -0.25) is 19.4 Å². The van der Waals surface area contributed by atoms with E-state index in [4.69, 9.17) is 11.6 Å². The molecule has 2 aliphatic heterocycles. The second-order valence-electron chi connectivity index (χ2n) is 9.25. The molecule has 0 aromatic heterocycles. The number of halogens is 4. The summed E-state index contributed by atoms with van der Waals surface area (Å²) >= 11 is 5.72. The summed E-state index contributed by atoms with van der Waals surface area (Å²) in [6.45, 7) is 2.46. The highest BCUT2D eigenvalue weighted by molar-refractivity contribution is 6.31. The zero-order valence-electron chi connectivity index (χ0n) is 19.9. The number of hydrogen-bond donors (Lipinski definition) is 0. The summed E-state index contributed by atoms with van der Waals surface area (Å²) in [4.78, 5) is 31.2. The number of piperazine rings is 1. The van der Waals surface area contributed by atoms with Crippen LogP contribution in [0.3, 0.4) is 0 Å². The summed E-state index contributed by atoms with van der Waals surface area (Å²) < 4.78 is 40.0. The predicted octanol–water partition coefficient (Wildman–Crippen LogP) is 5.40. The van der Waals surface area contributed by atoms with Crippen molar-refractivity contribution in [1.82, 2.24) is 9.80 Å². The van der Waals surface area contributed by atoms with Crippen LogP contribution in [-0.4, -0.2) is 53.8 Å². The molecule has 9 heteroatoms. The largest absolute Gasteiger partial charge is 0.417 e. The van der Waals surface area contributed by atoms with E-state index in [1.807, 2.05) is 41.3 Å². The molecule has 3 aromatic rings. The van der Waals surface area contributed by atoms with Crippen LogP contribution >= 0.6 is 11.6 Å². The average Bonchev–Trinajstić information content (AvgIpc) is 3.19. The molecule has 2 amide bonds. The Bertz CT molecular complexity index is 1240. The number of nitrogens with zero attached hydrogens (tertiary/aromatic N) is 3. The lowest BCUT2D eigenvalue weighted by atomic mass is 9.96. The van der Waals surface area contributed by atoms with Gasteiger partial charge >= 0.3 is 6.18 Å². The molecule has 0 aliphatic carbocycles. The average molecular weight is 528 g/mol. The minimum Gasteiger partial charge on any atom is -0.290 e. The zero-order chi connectivity index (χ0) is 26.2. The van der Waals surface area contributed by atoms with E-state index in [2.05, 4.69) is 29.2 Å². The van der Waals surface area contributed by atoms with E-state index in [-0.39, 0.29) is 18.2 Å². The number of amides is 2. The summed E-state index contributed by atoms with van der Waals surface area (Å²) in [5.41, 5.74) is 1.16. The normalized spacial score (nSPS) is 19.7. The lowest BCUT2D eigenvalue weighted by Gasteiger charge is -2.41. The molecule has 3 aromatic carbocycles. The molecule has 0 spiro atoms. The molecular formula is C28H25ClF3N3O2. The van der Waals surface area contributed by atoms with Gasteiger partial charge in [-0.25, -0.2) is 4.90 Å². The van der Waals surface area contributed by atoms with Crippen molar-refractivity contribution in [2.24, 2.45) is 0 Å². The number of carbonyl (C=O) groups excluding carboxylic acids is 2. The molecule has 2 fully saturated rings. The van der Waals surface area contributed by atoms with Gasteiger partial charge in [0.05, 0.1) is 34.8 Å². The number of rotatable bonds is 5. The monoisotopic (exact) mass is 527 g/mol. The minimum atomic E-state index is -4.69. The SMILES string of the molecule is O=C1C[C@@H](N2CCN(C(c3ccccc3)c3ccccc3)CC2)C(=O)N1c1ccc(Cl)c(C(F)(F)F)c1. The Kier molecular flexibility index (Phi) is 7.07. The topological polar surface area (TPSA) is 43.9 Å². The van der Waals surface area contributed by atoms with Crippen molar-refractivity contribution < 1.29 is 22.8 Å². The second-order valence-corrected chi connectivity index (χ2v) is 9.65. The van der Waals surface area contributed by atoms with Gasteiger partial charge in [-0.1, -0.05) is 72.3 Å². The van der Waals surface area contributed by atoms with Gasteiger partial charge in [0.25, 0.3) is 5.91 Å². The molecular weight excluding hydrogens is 503 g/mol. The van der Waals surface area contributed by atoms with Crippen molar-refractivity contribution in [3.63, 3.8) is 0 Å². The molecule has 5 nitrogen and oxygen atoms in total. The highest BCUT2D eigenvalue weighted by Gasteiger charge is 2.44. The van der Waals surface area contributed by atoms with E-state index in [9.17, 15) is 22.8 Å². The lowest BCUT2D eigenvalue weighted by Crippen LogP contribution is -2.53. The first kappa shape index (κ1) is 25.4. The van der Waals surface area contributed by atoms with Crippen LogP contribution in [0.5, 0.6) is 0 Å². The first-order chi connectivity index (χ1) is 17.7. The molecule has 5 rings (SSSR count). The number of benzene rings is 3. The van der Waals surface area contributed by atoms with E-state index in [0.717, 1.165) is 17.0 Å². The van der Waals surface area contributed by atoms with Gasteiger partial charge in [-0.15, -0.1) is 0 Å². The van der Waals surface area contributed by atoms with Gasteiger partial charge in [0.2, 0.25) is 5.91 Å². The fraction of sp³-hybridized carbons (Fsp3) is 0.286. The van der Waals surface area contributed by atoms with Crippen LogP contribution in [-0.2, 0) is 15.8 Å². The fourth-order valence-corrected chi connectivity index (χ4v) is 5.46. The van der Waals surface area contributed by atoms with Crippen LogP contribution in [0, 0.1) is 0 Å². The van der Waals surface area contributed by atoms with E-state index in [1.165, 1.54) is 17.2 Å². The quantitative estimate of drug-likeness (QED) is 0.417. The third-order valence-electron chi connectivity index (χ3n) is 7.02. The molecule has 0 unspecified atom stereocenters. The van der Waals surface area contributed by atoms with Gasteiger partial charge < -0.3 is 0 Å². The summed E-state index contributed by atoms with van der Waals surface area (Å²) in [6, 6.07) is 22.9. The standard InChI is InChI=1S/C28H25ClF3N3O2/c29-23-12-11-21(17-22(23)28(30,31)32)35-25(36)18-24(27(35)37)33-13-15-34(16-14-33)26(19-7-3-1-4-8-19)20-9-5-2-6-10-20/h1-12,17,24,26H,13-16,18H2/t24-/m1/s1. The maximum Gasteiger partial charge on any atom is 0.417 e. The Morgan fingerprint density at radius 1 is 0.811 bits per heavy atom. The molecule has 2 aliphatic rings. The molecule has 2 heterocycles. The van der Waals surface area contributed by atoms with Gasteiger partial charge in [0.15, 0.2) is 0 Å². The van der Waals surface area contributed by atoms with E-state index in [1.54, 1.807) is 0 Å². The Morgan fingerprint density at radius 2 is 1.38 bits per heavy atom.